The third kappa shape index (κ3) is 8.50. The van der Waals surface area contributed by atoms with E-state index in [1.54, 1.807) is 7.05 Å². The van der Waals surface area contributed by atoms with Crippen molar-refractivity contribution in [3.8, 4) is 5.75 Å². The number of unbranched alkanes of at least 4 members (excludes halogenated alkanes) is 1. The largest absolute Gasteiger partial charge is 0.492 e. The average molecular weight is 309 g/mol. The first-order chi connectivity index (χ1) is 10.3. The molecule has 2 N–H and O–H groups in total. The van der Waals surface area contributed by atoms with E-state index in [4.69, 9.17) is 4.74 Å². The highest BCUT2D eigenvalue weighted by Gasteiger charge is 1.97. The molecule has 0 fully saturated rings. The summed E-state index contributed by atoms with van der Waals surface area (Å²) in [6, 6.07) is 8.10. The average Bonchev–Trinajstić information content (AvgIpc) is 2.51. The molecule has 0 amide bonds. The van der Waals surface area contributed by atoms with Gasteiger partial charge in [-0.2, -0.15) is 11.8 Å². The van der Waals surface area contributed by atoms with E-state index in [9.17, 15) is 0 Å². The number of rotatable bonds is 9. The molecule has 0 saturated carbocycles. The SMILES string of the molecule is CN=C(NCCCCSC)NCCOc1ccc(C)cc1. The highest BCUT2D eigenvalue weighted by molar-refractivity contribution is 7.98. The van der Waals surface area contributed by atoms with Crippen LogP contribution in [0.4, 0.5) is 0 Å². The highest BCUT2D eigenvalue weighted by atomic mass is 32.2. The van der Waals surface area contributed by atoms with Gasteiger partial charge < -0.3 is 15.4 Å². The molecule has 1 aromatic rings. The number of thioether (sulfide) groups is 1. The standard InChI is InChI=1S/C16H27N3OS/c1-14-6-8-15(9-7-14)20-12-11-19-16(17-2)18-10-4-5-13-21-3/h6-9H,4-5,10-13H2,1-3H3,(H2,17,18,19). The van der Waals surface area contributed by atoms with Gasteiger partial charge in [-0.1, -0.05) is 17.7 Å². The van der Waals surface area contributed by atoms with Gasteiger partial charge in [0.1, 0.15) is 12.4 Å². The molecule has 0 aromatic heterocycles. The Kier molecular flexibility index (Phi) is 9.53. The lowest BCUT2D eigenvalue weighted by molar-refractivity contribution is 0.322. The second-order valence-corrected chi connectivity index (χ2v) is 5.77. The summed E-state index contributed by atoms with van der Waals surface area (Å²) in [7, 11) is 1.79. The van der Waals surface area contributed by atoms with E-state index in [1.165, 1.54) is 24.2 Å². The van der Waals surface area contributed by atoms with Crippen LogP contribution >= 0.6 is 11.8 Å². The van der Waals surface area contributed by atoms with E-state index < -0.39 is 0 Å². The molecule has 0 unspecified atom stereocenters. The molecular formula is C16H27N3OS. The summed E-state index contributed by atoms with van der Waals surface area (Å²) in [6.45, 7) is 4.38. The minimum atomic E-state index is 0.621. The summed E-state index contributed by atoms with van der Waals surface area (Å²) < 4.78 is 5.67. The van der Waals surface area contributed by atoms with E-state index in [1.807, 2.05) is 23.9 Å². The van der Waals surface area contributed by atoms with Crippen LogP contribution < -0.4 is 15.4 Å². The summed E-state index contributed by atoms with van der Waals surface area (Å²) in [5.41, 5.74) is 1.24. The van der Waals surface area contributed by atoms with Crippen molar-refractivity contribution < 1.29 is 4.74 Å². The van der Waals surface area contributed by atoms with Gasteiger partial charge in [-0.3, -0.25) is 4.99 Å². The quantitative estimate of drug-likeness (QED) is 0.418. The van der Waals surface area contributed by atoms with Crippen LogP contribution in [0.5, 0.6) is 5.75 Å². The lowest BCUT2D eigenvalue weighted by atomic mass is 10.2. The first-order valence-corrected chi connectivity index (χ1v) is 8.78. The molecule has 0 radical (unpaired) electrons. The van der Waals surface area contributed by atoms with Gasteiger partial charge in [-0.15, -0.1) is 0 Å². The number of guanidine groups is 1. The summed E-state index contributed by atoms with van der Waals surface area (Å²) >= 11 is 1.89. The van der Waals surface area contributed by atoms with Crippen LogP contribution in [-0.4, -0.2) is 44.7 Å². The van der Waals surface area contributed by atoms with Crippen LogP contribution in [0.25, 0.3) is 0 Å². The molecule has 0 heterocycles. The van der Waals surface area contributed by atoms with Crippen molar-refractivity contribution in [3.63, 3.8) is 0 Å². The second-order valence-electron chi connectivity index (χ2n) is 4.79. The highest BCUT2D eigenvalue weighted by Crippen LogP contribution is 2.10. The third-order valence-corrected chi connectivity index (χ3v) is 3.67. The van der Waals surface area contributed by atoms with E-state index in [2.05, 4.69) is 40.9 Å². The topological polar surface area (TPSA) is 45.7 Å². The number of ether oxygens (including phenoxy) is 1. The Morgan fingerprint density at radius 2 is 1.86 bits per heavy atom. The Morgan fingerprint density at radius 1 is 1.14 bits per heavy atom. The van der Waals surface area contributed by atoms with Crippen molar-refractivity contribution >= 4 is 17.7 Å². The van der Waals surface area contributed by atoms with Crippen molar-refractivity contribution in [2.24, 2.45) is 4.99 Å². The zero-order valence-electron chi connectivity index (χ0n) is 13.3. The maximum Gasteiger partial charge on any atom is 0.191 e. The zero-order valence-corrected chi connectivity index (χ0v) is 14.1. The maximum atomic E-state index is 5.67. The number of hydrogen-bond acceptors (Lipinski definition) is 3. The number of aryl methyl sites for hydroxylation is 1. The molecule has 0 aliphatic heterocycles. The Bertz CT molecular complexity index is 406. The second kappa shape index (κ2) is 11.3. The van der Waals surface area contributed by atoms with Crippen molar-refractivity contribution in [3.05, 3.63) is 29.8 Å². The van der Waals surface area contributed by atoms with Crippen molar-refractivity contribution in [2.45, 2.75) is 19.8 Å². The number of nitrogens with one attached hydrogen (secondary N) is 2. The Labute approximate surface area is 132 Å². The Hall–Kier alpha value is -1.36. The van der Waals surface area contributed by atoms with Gasteiger partial charge in [0.2, 0.25) is 0 Å². The summed E-state index contributed by atoms with van der Waals surface area (Å²) in [5, 5.41) is 6.56. The van der Waals surface area contributed by atoms with E-state index in [0.29, 0.717) is 6.61 Å². The van der Waals surface area contributed by atoms with E-state index >= 15 is 0 Å². The minimum absolute atomic E-state index is 0.621. The zero-order chi connectivity index (χ0) is 15.3. The molecule has 0 spiro atoms. The lowest BCUT2D eigenvalue weighted by Gasteiger charge is -2.12. The number of benzene rings is 1. The van der Waals surface area contributed by atoms with Gasteiger partial charge in [-0.25, -0.2) is 0 Å². The maximum absolute atomic E-state index is 5.67. The molecule has 118 valence electrons. The molecule has 0 aliphatic carbocycles. The van der Waals surface area contributed by atoms with Gasteiger partial charge in [0.25, 0.3) is 0 Å². The first kappa shape index (κ1) is 17.7. The van der Waals surface area contributed by atoms with Crippen molar-refractivity contribution in [2.75, 3.05) is 38.8 Å². The van der Waals surface area contributed by atoms with E-state index in [-0.39, 0.29) is 0 Å². The van der Waals surface area contributed by atoms with Gasteiger partial charge in [0, 0.05) is 13.6 Å². The summed E-state index contributed by atoms with van der Waals surface area (Å²) in [6.07, 6.45) is 4.55. The molecule has 4 nitrogen and oxygen atoms in total. The van der Waals surface area contributed by atoms with Gasteiger partial charge in [0.05, 0.1) is 6.54 Å². The van der Waals surface area contributed by atoms with Crippen LogP contribution in [0.2, 0.25) is 0 Å². The molecular weight excluding hydrogens is 282 g/mol. The Morgan fingerprint density at radius 3 is 2.52 bits per heavy atom. The van der Waals surface area contributed by atoms with Crippen LogP contribution in [0.3, 0.4) is 0 Å². The molecule has 0 saturated heterocycles. The molecule has 0 atom stereocenters. The van der Waals surface area contributed by atoms with Crippen LogP contribution in [0.1, 0.15) is 18.4 Å². The number of hydrogen-bond donors (Lipinski definition) is 2. The first-order valence-electron chi connectivity index (χ1n) is 7.39. The van der Waals surface area contributed by atoms with Crippen LogP contribution in [0.15, 0.2) is 29.3 Å². The lowest BCUT2D eigenvalue weighted by Crippen LogP contribution is -2.39. The molecule has 1 aromatic carbocycles. The predicted octanol–water partition coefficient (Wildman–Crippen LogP) is 2.68. The number of nitrogens with zero attached hydrogens (tertiary/aromatic N) is 1. The van der Waals surface area contributed by atoms with E-state index in [0.717, 1.165) is 24.8 Å². The number of aliphatic imine (C=N–C) groups is 1. The fraction of sp³-hybridized carbons (Fsp3) is 0.562. The smallest absolute Gasteiger partial charge is 0.191 e. The summed E-state index contributed by atoms with van der Waals surface area (Å²) in [5.74, 6) is 2.96. The molecule has 0 aliphatic rings. The minimum Gasteiger partial charge on any atom is -0.492 e. The van der Waals surface area contributed by atoms with Crippen molar-refractivity contribution in [1.29, 1.82) is 0 Å². The van der Waals surface area contributed by atoms with Crippen molar-refractivity contribution in [1.82, 2.24) is 10.6 Å². The summed E-state index contributed by atoms with van der Waals surface area (Å²) in [4.78, 5) is 4.20. The van der Waals surface area contributed by atoms with Crippen LogP contribution in [0, 0.1) is 6.92 Å². The Balaban J connectivity index is 2.10. The molecule has 0 bridgehead atoms. The fourth-order valence-electron chi connectivity index (χ4n) is 1.77. The van der Waals surface area contributed by atoms with Gasteiger partial charge in [-0.05, 0) is 43.9 Å². The third-order valence-electron chi connectivity index (χ3n) is 2.98. The fourth-order valence-corrected chi connectivity index (χ4v) is 2.26. The van der Waals surface area contributed by atoms with Gasteiger partial charge >= 0.3 is 0 Å². The van der Waals surface area contributed by atoms with Gasteiger partial charge in [0.15, 0.2) is 5.96 Å². The molecule has 21 heavy (non-hydrogen) atoms. The van der Waals surface area contributed by atoms with Crippen LogP contribution in [-0.2, 0) is 0 Å². The normalized spacial score (nSPS) is 11.3. The monoisotopic (exact) mass is 309 g/mol. The molecule has 5 heteroatoms. The predicted molar refractivity (Wildman–Crippen MR) is 93.7 cm³/mol. The molecule has 1 rings (SSSR count).